The zero-order valence-electron chi connectivity index (χ0n) is 25.9. The molecular weight excluding hydrogens is 589 g/mol. The summed E-state index contributed by atoms with van der Waals surface area (Å²) in [5.41, 5.74) is 2.85. The molecule has 1 atom stereocenters. The number of carbonyl (C=O) groups is 2. The maximum atomic E-state index is 15.0. The lowest BCUT2D eigenvalue weighted by Crippen LogP contribution is -2.53. The molecule has 236 valence electrons. The van der Waals surface area contributed by atoms with E-state index in [1.807, 2.05) is 50.2 Å². The molecule has 0 aliphatic heterocycles. The van der Waals surface area contributed by atoms with Crippen LogP contribution in [0.2, 0.25) is 0 Å². The quantitative estimate of drug-likeness (QED) is 0.169. The molecule has 4 rings (SSSR count). The monoisotopic (exact) mass is 629 g/mol. The van der Waals surface area contributed by atoms with Gasteiger partial charge in [-0.05, 0) is 61.2 Å². The Bertz CT molecular complexity index is 1700. The first-order valence-electron chi connectivity index (χ1n) is 15.1. The molecule has 0 unspecified atom stereocenters. The van der Waals surface area contributed by atoms with Crippen LogP contribution in [0.15, 0.2) is 108 Å². The lowest BCUT2D eigenvalue weighted by atomic mass is 10.0. The highest BCUT2D eigenvalue weighted by Gasteiger charge is 2.35. The van der Waals surface area contributed by atoms with Crippen molar-refractivity contribution in [3.63, 3.8) is 0 Å². The van der Waals surface area contributed by atoms with E-state index >= 15 is 4.39 Å². The average molecular weight is 630 g/mol. The smallest absolute Gasteiger partial charge is 0.264 e. The van der Waals surface area contributed by atoms with E-state index < -0.39 is 34.3 Å². The van der Waals surface area contributed by atoms with Crippen molar-refractivity contribution in [3.8, 4) is 0 Å². The van der Waals surface area contributed by atoms with Crippen molar-refractivity contribution >= 4 is 27.5 Å². The lowest BCUT2D eigenvalue weighted by molar-refractivity contribution is -0.140. The summed E-state index contributed by atoms with van der Waals surface area (Å²) in [6, 6.07) is 27.6. The normalized spacial score (nSPS) is 11.9. The molecule has 0 aliphatic carbocycles. The third kappa shape index (κ3) is 8.57. The highest BCUT2D eigenvalue weighted by Crippen LogP contribution is 2.29. The molecule has 0 aliphatic rings. The number of hydrogen-bond donors (Lipinski definition) is 1. The van der Waals surface area contributed by atoms with E-state index in [0.29, 0.717) is 17.8 Å². The van der Waals surface area contributed by atoms with Crippen LogP contribution in [0.5, 0.6) is 0 Å². The zero-order chi connectivity index (χ0) is 32.4. The summed E-state index contributed by atoms with van der Waals surface area (Å²) in [7, 11) is -4.21. The molecular formula is C36H40FN3O4S. The van der Waals surface area contributed by atoms with Crippen LogP contribution in [0.1, 0.15) is 42.0 Å². The average Bonchev–Trinajstić information content (AvgIpc) is 3.04. The number of nitrogens with one attached hydrogen (secondary N) is 1. The molecule has 1 N–H and O–H groups in total. The molecule has 7 nitrogen and oxygen atoms in total. The Labute approximate surface area is 265 Å². The number of halogens is 1. The molecule has 0 spiro atoms. The van der Waals surface area contributed by atoms with Crippen LogP contribution in [0, 0.1) is 19.7 Å². The summed E-state index contributed by atoms with van der Waals surface area (Å²) in [5.74, 6) is -1.55. The number of anilines is 1. The zero-order valence-corrected chi connectivity index (χ0v) is 26.8. The summed E-state index contributed by atoms with van der Waals surface area (Å²) in [6.07, 6.45) is 1.78. The number of carbonyl (C=O) groups excluding carboxylic acids is 2. The third-order valence-electron chi connectivity index (χ3n) is 7.64. The molecule has 4 aromatic carbocycles. The highest BCUT2D eigenvalue weighted by atomic mass is 32.2. The van der Waals surface area contributed by atoms with Gasteiger partial charge in [-0.15, -0.1) is 0 Å². The van der Waals surface area contributed by atoms with Crippen LogP contribution in [-0.2, 0) is 32.6 Å². The minimum Gasteiger partial charge on any atom is -0.354 e. The first kappa shape index (κ1) is 33.4. The molecule has 4 aromatic rings. The van der Waals surface area contributed by atoms with E-state index in [1.54, 1.807) is 55.5 Å². The van der Waals surface area contributed by atoms with Gasteiger partial charge in [0.05, 0.1) is 10.6 Å². The summed E-state index contributed by atoms with van der Waals surface area (Å²) >= 11 is 0. The minimum absolute atomic E-state index is 0.0255. The molecule has 45 heavy (non-hydrogen) atoms. The van der Waals surface area contributed by atoms with Crippen molar-refractivity contribution in [2.24, 2.45) is 0 Å². The van der Waals surface area contributed by atoms with Crippen molar-refractivity contribution in [2.45, 2.75) is 57.5 Å². The number of hydrogen-bond acceptors (Lipinski definition) is 4. The summed E-state index contributed by atoms with van der Waals surface area (Å²) in [5, 5.41) is 2.94. The highest BCUT2D eigenvalue weighted by molar-refractivity contribution is 7.92. The van der Waals surface area contributed by atoms with Crippen LogP contribution in [-0.4, -0.2) is 44.3 Å². The topological polar surface area (TPSA) is 86.8 Å². The Morgan fingerprint density at radius 2 is 1.51 bits per heavy atom. The maximum absolute atomic E-state index is 15.0. The Hall–Kier alpha value is -4.50. The van der Waals surface area contributed by atoms with Crippen LogP contribution >= 0.6 is 0 Å². The Morgan fingerprint density at radius 1 is 0.867 bits per heavy atom. The van der Waals surface area contributed by atoms with Gasteiger partial charge >= 0.3 is 0 Å². The van der Waals surface area contributed by atoms with Crippen molar-refractivity contribution in [3.05, 3.63) is 131 Å². The number of sulfonamides is 1. The van der Waals surface area contributed by atoms with Crippen LogP contribution in [0.3, 0.4) is 0 Å². The molecule has 0 saturated carbocycles. The number of benzene rings is 4. The number of amides is 2. The third-order valence-corrected chi connectivity index (χ3v) is 9.42. The van der Waals surface area contributed by atoms with Gasteiger partial charge in [-0.3, -0.25) is 13.9 Å². The predicted octanol–water partition coefficient (Wildman–Crippen LogP) is 6.19. The fraction of sp³-hybridized carbons (Fsp3) is 0.278. The molecule has 0 radical (unpaired) electrons. The van der Waals surface area contributed by atoms with E-state index in [2.05, 4.69) is 5.32 Å². The fourth-order valence-corrected chi connectivity index (χ4v) is 6.58. The SMILES string of the molecule is CCCCNC(=O)[C@@H](Cc1ccccc1)N(Cc1ccccc1F)C(=O)CN(c1cc(C)ccc1C)S(=O)(=O)c1ccccc1. The van der Waals surface area contributed by atoms with E-state index in [1.165, 1.54) is 23.1 Å². The van der Waals surface area contributed by atoms with E-state index in [9.17, 15) is 18.0 Å². The molecule has 0 aromatic heterocycles. The van der Waals surface area contributed by atoms with Crippen LogP contribution < -0.4 is 9.62 Å². The van der Waals surface area contributed by atoms with Crippen molar-refractivity contribution in [1.29, 1.82) is 0 Å². The Kier molecular flexibility index (Phi) is 11.5. The predicted molar refractivity (Wildman–Crippen MR) is 176 cm³/mol. The number of aryl methyl sites for hydroxylation is 2. The van der Waals surface area contributed by atoms with Gasteiger partial charge in [0.15, 0.2) is 0 Å². The molecule has 0 fully saturated rings. The largest absolute Gasteiger partial charge is 0.354 e. The van der Waals surface area contributed by atoms with Crippen molar-refractivity contribution in [2.75, 3.05) is 17.4 Å². The van der Waals surface area contributed by atoms with Gasteiger partial charge in [-0.2, -0.15) is 0 Å². The lowest BCUT2D eigenvalue weighted by Gasteiger charge is -2.34. The van der Waals surface area contributed by atoms with E-state index in [4.69, 9.17) is 0 Å². The summed E-state index contributed by atoms with van der Waals surface area (Å²) in [6.45, 7) is 5.23. The first-order valence-corrected chi connectivity index (χ1v) is 16.6. The van der Waals surface area contributed by atoms with Gasteiger partial charge in [0, 0.05) is 25.1 Å². The van der Waals surface area contributed by atoms with Gasteiger partial charge in [-0.1, -0.05) is 92.2 Å². The summed E-state index contributed by atoms with van der Waals surface area (Å²) < 4.78 is 44.4. The number of unbranched alkanes of at least 4 members (excludes halogenated alkanes) is 1. The molecule has 0 bridgehead atoms. The van der Waals surface area contributed by atoms with Gasteiger partial charge in [0.2, 0.25) is 11.8 Å². The second kappa shape index (κ2) is 15.5. The maximum Gasteiger partial charge on any atom is 0.264 e. The summed E-state index contributed by atoms with van der Waals surface area (Å²) in [4.78, 5) is 29.6. The van der Waals surface area contributed by atoms with E-state index in [0.717, 1.165) is 28.3 Å². The van der Waals surface area contributed by atoms with Gasteiger partial charge in [0.1, 0.15) is 18.4 Å². The number of nitrogens with zero attached hydrogens (tertiary/aromatic N) is 2. The minimum atomic E-state index is -4.21. The van der Waals surface area contributed by atoms with Crippen LogP contribution in [0.25, 0.3) is 0 Å². The Balaban J connectivity index is 1.82. The Morgan fingerprint density at radius 3 is 2.18 bits per heavy atom. The molecule has 9 heteroatoms. The van der Waals surface area contributed by atoms with Crippen LogP contribution in [0.4, 0.5) is 10.1 Å². The fourth-order valence-electron chi connectivity index (χ4n) is 5.09. The second-order valence-electron chi connectivity index (χ2n) is 11.1. The second-order valence-corrected chi connectivity index (χ2v) is 12.9. The van der Waals surface area contributed by atoms with Gasteiger partial charge in [-0.25, -0.2) is 12.8 Å². The molecule has 0 heterocycles. The van der Waals surface area contributed by atoms with Gasteiger partial charge in [0.25, 0.3) is 10.0 Å². The molecule has 2 amide bonds. The van der Waals surface area contributed by atoms with Crippen molar-refractivity contribution in [1.82, 2.24) is 10.2 Å². The van der Waals surface area contributed by atoms with Gasteiger partial charge < -0.3 is 10.2 Å². The standard InChI is InChI=1S/C36H40FN3O4S/c1-4-5-22-38-36(42)34(24-29-14-8-6-9-15-29)39(25-30-16-12-13-19-32(30)37)35(41)26-40(33-23-27(2)20-21-28(33)3)45(43,44)31-17-10-7-11-18-31/h6-21,23,34H,4-5,22,24-26H2,1-3H3,(H,38,42)/t34-/m1/s1. The first-order chi connectivity index (χ1) is 21.6. The van der Waals surface area contributed by atoms with Crippen molar-refractivity contribution < 1.29 is 22.4 Å². The number of rotatable bonds is 14. The molecule has 0 saturated heterocycles. The van der Waals surface area contributed by atoms with E-state index in [-0.39, 0.29) is 29.3 Å².